The number of benzene rings is 2. The van der Waals surface area contributed by atoms with Crippen molar-refractivity contribution in [2.75, 3.05) is 20.6 Å². The van der Waals surface area contributed by atoms with E-state index in [1.54, 1.807) is 24.3 Å². The van der Waals surface area contributed by atoms with E-state index < -0.39 is 5.97 Å². The molecule has 3 rings (SSSR count). The van der Waals surface area contributed by atoms with E-state index >= 15 is 0 Å². The maximum Gasteiger partial charge on any atom is 0.335 e. The fraction of sp³-hybridized carbons (Fsp3) is 0.261. The number of phenolic OH excluding ortho intramolecular Hbond substituents is 1. The maximum atomic E-state index is 11.2. The second kappa shape index (κ2) is 9.58. The third-order valence-corrected chi connectivity index (χ3v) is 4.81. The summed E-state index contributed by atoms with van der Waals surface area (Å²) in [6.07, 6.45) is 6.21. The molecule has 0 spiro atoms. The molecule has 0 saturated heterocycles. The molecular weight excluding hydrogens is 374 g/mol. The van der Waals surface area contributed by atoms with E-state index in [1.807, 2.05) is 24.3 Å². The molecule has 0 fully saturated rings. The third kappa shape index (κ3) is 5.47. The first kappa shape index (κ1) is 21.7. The van der Waals surface area contributed by atoms with Crippen LogP contribution in [0, 0.1) is 5.92 Å². The predicted octanol–water partition coefficient (Wildman–Crippen LogP) is 4.95. The number of aromatic hydroxyl groups is 1. The number of carboxylic acids is 1. The molecule has 1 aliphatic carbocycles. The summed E-state index contributed by atoms with van der Waals surface area (Å²) in [6.45, 7) is 0.948. The smallest absolute Gasteiger partial charge is 0.335 e. The molecule has 2 aromatic rings. The summed E-state index contributed by atoms with van der Waals surface area (Å²) in [5.41, 5.74) is 4.61. The Labute approximate surface area is 172 Å². The molecule has 0 radical (unpaired) electrons. The van der Waals surface area contributed by atoms with Crippen LogP contribution in [0.1, 0.15) is 34.3 Å². The number of phenols is 1. The highest BCUT2D eigenvalue weighted by molar-refractivity contribution is 5.88. The van der Waals surface area contributed by atoms with Crippen LogP contribution in [0.15, 0.2) is 60.2 Å². The Balaban J connectivity index is 0.00000280. The average Bonchev–Trinajstić information content (AvgIpc) is 2.63. The van der Waals surface area contributed by atoms with Crippen LogP contribution >= 0.6 is 12.4 Å². The minimum atomic E-state index is -0.916. The molecule has 148 valence electrons. The Morgan fingerprint density at radius 1 is 1.18 bits per heavy atom. The fourth-order valence-electron chi connectivity index (χ4n) is 3.61. The van der Waals surface area contributed by atoms with Gasteiger partial charge in [-0.2, -0.15) is 0 Å². The van der Waals surface area contributed by atoms with Gasteiger partial charge in [0.05, 0.1) is 5.56 Å². The molecular formula is C23H26ClNO3. The Morgan fingerprint density at radius 2 is 1.93 bits per heavy atom. The molecule has 2 N–H and O–H groups in total. The lowest BCUT2D eigenvalue weighted by molar-refractivity contribution is 0.0697. The van der Waals surface area contributed by atoms with Crippen LogP contribution in [-0.2, 0) is 0 Å². The van der Waals surface area contributed by atoms with Crippen molar-refractivity contribution in [1.82, 2.24) is 4.90 Å². The third-order valence-electron chi connectivity index (χ3n) is 4.81. The number of hydrogen-bond donors (Lipinski definition) is 2. The minimum Gasteiger partial charge on any atom is -0.508 e. The van der Waals surface area contributed by atoms with Crippen molar-refractivity contribution in [2.45, 2.75) is 12.8 Å². The molecule has 0 heterocycles. The van der Waals surface area contributed by atoms with Crippen molar-refractivity contribution in [3.05, 3.63) is 76.9 Å². The highest BCUT2D eigenvalue weighted by Gasteiger charge is 2.22. The van der Waals surface area contributed by atoms with Crippen LogP contribution in [0.5, 0.6) is 5.75 Å². The van der Waals surface area contributed by atoms with Crippen molar-refractivity contribution in [2.24, 2.45) is 5.92 Å². The summed E-state index contributed by atoms with van der Waals surface area (Å²) in [6, 6.07) is 14.4. The normalized spacial score (nSPS) is 17.9. The molecule has 1 aliphatic rings. The second-order valence-electron chi connectivity index (χ2n) is 7.30. The van der Waals surface area contributed by atoms with Gasteiger partial charge in [0.2, 0.25) is 0 Å². The second-order valence-corrected chi connectivity index (χ2v) is 7.30. The number of allylic oxidation sites excluding steroid dienone is 2. The zero-order valence-electron chi connectivity index (χ0n) is 16.1. The largest absolute Gasteiger partial charge is 0.508 e. The van der Waals surface area contributed by atoms with Gasteiger partial charge in [-0.05, 0) is 79.4 Å². The lowest BCUT2D eigenvalue weighted by Gasteiger charge is -2.28. The van der Waals surface area contributed by atoms with Gasteiger partial charge in [0.1, 0.15) is 5.75 Å². The molecule has 0 saturated carbocycles. The van der Waals surface area contributed by atoms with Gasteiger partial charge in [0.25, 0.3) is 0 Å². The van der Waals surface area contributed by atoms with E-state index in [-0.39, 0.29) is 18.2 Å². The van der Waals surface area contributed by atoms with E-state index in [0.717, 1.165) is 30.5 Å². The van der Waals surface area contributed by atoms with Crippen LogP contribution in [-0.4, -0.2) is 41.7 Å². The molecule has 0 bridgehead atoms. The number of halogens is 1. The van der Waals surface area contributed by atoms with Gasteiger partial charge in [-0.3, -0.25) is 0 Å². The highest BCUT2D eigenvalue weighted by atomic mass is 35.5. The Kier molecular flexibility index (Phi) is 7.44. The van der Waals surface area contributed by atoms with Crippen LogP contribution in [0.3, 0.4) is 0 Å². The zero-order valence-corrected chi connectivity index (χ0v) is 16.9. The van der Waals surface area contributed by atoms with E-state index in [0.29, 0.717) is 11.5 Å². The van der Waals surface area contributed by atoms with Crippen LogP contribution in [0.4, 0.5) is 0 Å². The summed E-state index contributed by atoms with van der Waals surface area (Å²) in [5.74, 6) is -0.257. The maximum absolute atomic E-state index is 11.2. The molecule has 1 atom stereocenters. The van der Waals surface area contributed by atoms with Gasteiger partial charge >= 0.3 is 5.97 Å². The van der Waals surface area contributed by atoms with Crippen molar-refractivity contribution >= 4 is 30.0 Å². The summed E-state index contributed by atoms with van der Waals surface area (Å²) < 4.78 is 0. The molecule has 5 heteroatoms. The van der Waals surface area contributed by atoms with Gasteiger partial charge in [0, 0.05) is 6.54 Å². The SMILES string of the molecule is CN(C)CC1CC/C(=C\c2cccc(C(=O)O)c2)C=C1c1cccc(O)c1.Cl. The summed E-state index contributed by atoms with van der Waals surface area (Å²) >= 11 is 0. The molecule has 2 aromatic carbocycles. The quantitative estimate of drug-likeness (QED) is 0.746. The summed E-state index contributed by atoms with van der Waals surface area (Å²) in [7, 11) is 4.14. The fourth-order valence-corrected chi connectivity index (χ4v) is 3.61. The summed E-state index contributed by atoms with van der Waals surface area (Å²) in [4.78, 5) is 13.4. The van der Waals surface area contributed by atoms with Gasteiger partial charge in [0.15, 0.2) is 0 Å². The number of nitrogens with zero attached hydrogens (tertiary/aromatic N) is 1. The van der Waals surface area contributed by atoms with E-state index in [2.05, 4.69) is 31.1 Å². The molecule has 0 aliphatic heterocycles. The zero-order chi connectivity index (χ0) is 19.4. The Hall–Kier alpha value is -2.56. The van der Waals surface area contributed by atoms with Crippen LogP contribution in [0.25, 0.3) is 11.6 Å². The Bertz CT molecular complexity index is 902. The van der Waals surface area contributed by atoms with Crippen molar-refractivity contribution in [3.8, 4) is 5.75 Å². The summed E-state index contributed by atoms with van der Waals surface area (Å²) in [5, 5.41) is 19.1. The lowest BCUT2D eigenvalue weighted by Crippen LogP contribution is -2.24. The van der Waals surface area contributed by atoms with Crippen LogP contribution < -0.4 is 0 Å². The number of rotatable bonds is 5. The topological polar surface area (TPSA) is 60.8 Å². The molecule has 1 unspecified atom stereocenters. The van der Waals surface area contributed by atoms with Crippen molar-refractivity contribution < 1.29 is 15.0 Å². The number of hydrogen-bond acceptors (Lipinski definition) is 3. The highest BCUT2D eigenvalue weighted by Crippen LogP contribution is 2.36. The average molecular weight is 400 g/mol. The molecule has 28 heavy (non-hydrogen) atoms. The minimum absolute atomic E-state index is 0. The van der Waals surface area contributed by atoms with E-state index in [9.17, 15) is 15.0 Å². The monoisotopic (exact) mass is 399 g/mol. The predicted molar refractivity (Wildman–Crippen MR) is 116 cm³/mol. The first-order chi connectivity index (χ1) is 12.9. The first-order valence-corrected chi connectivity index (χ1v) is 9.12. The number of carbonyl (C=O) groups is 1. The number of carboxylic acid groups (broad SMARTS) is 1. The Morgan fingerprint density at radius 3 is 2.61 bits per heavy atom. The van der Waals surface area contributed by atoms with Gasteiger partial charge in [-0.1, -0.05) is 36.4 Å². The molecule has 0 aromatic heterocycles. The number of aromatic carboxylic acids is 1. The van der Waals surface area contributed by atoms with E-state index in [1.165, 1.54) is 11.1 Å². The lowest BCUT2D eigenvalue weighted by atomic mass is 9.81. The van der Waals surface area contributed by atoms with Crippen molar-refractivity contribution in [3.63, 3.8) is 0 Å². The van der Waals surface area contributed by atoms with Gasteiger partial charge < -0.3 is 15.1 Å². The van der Waals surface area contributed by atoms with Crippen LogP contribution in [0.2, 0.25) is 0 Å². The van der Waals surface area contributed by atoms with Crippen molar-refractivity contribution in [1.29, 1.82) is 0 Å². The van der Waals surface area contributed by atoms with E-state index in [4.69, 9.17) is 0 Å². The van der Waals surface area contributed by atoms with Gasteiger partial charge in [-0.25, -0.2) is 4.79 Å². The standard InChI is InChI=1S/C23H25NO3.ClH/c1-24(2)15-20-10-9-17(11-16-5-3-7-19(12-16)23(26)27)13-22(20)18-6-4-8-21(25)14-18;/h3-8,11-14,20,25H,9-10,15H2,1-2H3,(H,26,27);1H/b17-11+;. The molecule has 0 amide bonds. The first-order valence-electron chi connectivity index (χ1n) is 9.12. The van der Waals surface area contributed by atoms with Gasteiger partial charge in [-0.15, -0.1) is 12.4 Å². The molecule has 4 nitrogen and oxygen atoms in total.